The summed E-state index contributed by atoms with van der Waals surface area (Å²) in [6.45, 7) is 8.92. The Morgan fingerprint density at radius 1 is 1.53 bits per heavy atom. The molecule has 114 valence electrons. The van der Waals surface area contributed by atoms with Crippen LogP contribution in [-0.2, 0) is 4.74 Å². The van der Waals surface area contributed by atoms with Crippen LogP contribution in [0.25, 0.3) is 0 Å². The number of ether oxygens (including phenoxy) is 1. The van der Waals surface area contributed by atoms with E-state index in [1.807, 2.05) is 0 Å². The highest BCUT2D eigenvalue weighted by Crippen LogP contribution is 2.15. The molecule has 1 fully saturated rings. The summed E-state index contributed by atoms with van der Waals surface area (Å²) in [6.07, 6.45) is 2.49. The first kappa shape index (κ1) is 18.9. The second-order valence-electron chi connectivity index (χ2n) is 5.33. The van der Waals surface area contributed by atoms with Crippen LogP contribution < -0.4 is 11.1 Å². The second kappa shape index (κ2) is 10.7. The molecule has 0 aromatic rings. The minimum atomic E-state index is 0. The number of nitrogens with zero attached hydrogens (tertiary/aromatic N) is 2. The van der Waals surface area contributed by atoms with E-state index in [0.717, 1.165) is 26.2 Å². The molecule has 1 aliphatic heterocycles. The van der Waals surface area contributed by atoms with Gasteiger partial charge in [-0.05, 0) is 25.3 Å². The van der Waals surface area contributed by atoms with Crippen LogP contribution in [0, 0.1) is 5.92 Å². The third-order valence-electron chi connectivity index (χ3n) is 3.23. The molecule has 0 aliphatic carbocycles. The van der Waals surface area contributed by atoms with E-state index in [4.69, 9.17) is 10.5 Å². The molecule has 1 heterocycles. The number of nitrogens with one attached hydrogen (secondary N) is 1. The number of likely N-dealkylation sites (tertiary alicyclic amines) is 1. The number of methoxy groups -OCH3 is 1. The molecule has 0 saturated carbocycles. The van der Waals surface area contributed by atoms with E-state index >= 15 is 0 Å². The lowest BCUT2D eigenvalue weighted by Gasteiger charge is -2.24. The molecule has 5 nitrogen and oxygen atoms in total. The minimum absolute atomic E-state index is 0. The highest BCUT2D eigenvalue weighted by atomic mass is 127. The summed E-state index contributed by atoms with van der Waals surface area (Å²) in [7, 11) is 1.75. The van der Waals surface area contributed by atoms with Gasteiger partial charge in [-0.1, -0.05) is 13.8 Å². The van der Waals surface area contributed by atoms with Crippen molar-refractivity contribution in [2.75, 3.05) is 39.9 Å². The van der Waals surface area contributed by atoms with Crippen molar-refractivity contribution in [2.45, 2.75) is 32.7 Å². The number of hydrogen-bond donors (Lipinski definition) is 2. The molecule has 0 aromatic carbocycles. The number of aliphatic imine (C=N–C) groups is 1. The van der Waals surface area contributed by atoms with Gasteiger partial charge in [0.25, 0.3) is 0 Å². The molecule has 0 aromatic heterocycles. The van der Waals surface area contributed by atoms with Gasteiger partial charge in [-0.25, -0.2) is 0 Å². The first-order valence-electron chi connectivity index (χ1n) is 6.90. The monoisotopic (exact) mass is 384 g/mol. The van der Waals surface area contributed by atoms with Crippen molar-refractivity contribution in [3.05, 3.63) is 0 Å². The smallest absolute Gasteiger partial charge is 0.188 e. The molecule has 0 amide bonds. The standard InChI is InChI=1S/C13H28N4O.HI/c1-11(2)9-15-13(14)16-10-12-5-4-6-17(12)7-8-18-3;/h11-12H,4-10H2,1-3H3,(H3,14,15,16);1H. The maximum absolute atomic E-state index is 5.84. The highest BCUT2D eigenvalue weighted by Gasteiger charge is 2.23. The molecule has 1 unspecified atom stereocenters. The van der Waals surface area contributed by atoms with E-state index in [0.29, 0.717) is 17.9 Å². The summed E-state index contributed by atoms with van der Waals surface area (Å²) in [5.41, 5.74) is 5.84. The van der Waals surface area contributed by atoms with Crippen molar-refractivity contribution in [1.29, 1.82) is 0 Å². The Bertz CT molecular complexity index is 261. The van der Waals surface area contributed by atoms with Crippen LogP contribution in [0.1, 0.15) is 26.7 Å². The highest BCUT2D eigenvalue weighted by molar-refractivity contribution is 14.0. The molecule has 0 radical (unpaired) electrons. The first-order chi connectivity index (χ1) is 8.63. The molecular weight excluding hydrogens is 355 g/mol. The van der Waals surface area contributed by atoms with Crippen LogP contribution in [0.4, 0.5) is 0 Å². The lowest BCUT2D eigenvalue weighted by molar-refractivity contribution is 0.141. The lowest BCUT2D eigenvalue weighted by Crippen LogP contribution is -2.43. The van der Waals surface area contributed by atoms with Gasteiger partial charge in [0, 0.05) is 32.8 Å². The molecule has 3 N–H and O–H groups in total. The molecule has 1 aliphatic rings. The Morgan fingerprint density at radius 3 is 2.89 bits per heavy atom. The summed E-state index contributed by atoms with van der Waals surface area (Å²) in [4.78, 5) is 6.78. The lowest BCUT2D eigenvalue weighted by atomic mass is 10.2. The zero-order chi connectivity index (χ0) is 13.4. The maximum atomic E-state index is 5.84. The summed E-state index contributed by atoms with van der Waals surface area (Å²) >= 11 is 0. The van der Waals surface area contributed by atoms with Gasteiger partial charge in [0.05, 0.1) is 6.61 Å². The van der Waals surface area contributed by atoms with Crippen LogP contribution in [0.2, 0.25) is 0 Å². The fourth-order valence-corrected chi connectivity index (χ4v) is 2.19. The SMILES string of the molecule is COCCN1CCCC1CNC(N)=NCC(C)C.I. The van der Waals surface area contributed by atoms with Gasteiger partial charge < -0.3 is 15.8 Å². The van der Waals surface area contributed by atoms with Gasteiger partial charge in [-0.15, -0.1) is 24.0 Å². The average Bonchev–Trinajstić information content (AvgIpc) is 2.78. The van der Waals surface area contributed by atoms with Crippen LogP contribution in [-0.4, -0.2) is 56.8 Å². The Balaban J connectivity index is 0.00000324. The minimum Gasteiger partial charge on any atom is -0.383 e. The molecule has 0 bridgehead atoms. The third-order valence-corrected chi connectivity index (χ3v) is 3.23. The third kappa shape index (κ3) is 7.94. The summed E-state index contributed by atoms with van der Waals surface area (Å²) in [5, 5.41) is 3.23. The Kier molecular flexibility index (Phi) is 10.6. The Labute approximate surface area is 134 Å². The summed E-state index contributed by atoms with van der Waals surface area (Å²) in [6, 6.07) is 0.563. The van der Waals surface area contributed by atoms with Crippen LogP contribution in [0.3, 0.4) is 0 Å². The van der Waals surface area contributed by atoms with E-state index in [1.165, 1.54) is 19.4 Å². The molecular formula is C13H29IN4O. The predicted octanol–water partition coefficient (Wildman–Crippen LogP) is 1.28. The average molecular weight is 384 g/mol. The van der Waals surface area contributed by atoms with Gasteiger partial charge in [0.1, 0.15) is 0 Å². The first-order valence-corrected chi connectivity index (χ1v) is 6.90. The van der Waals surface area contributed by atoms with Crippen LogP contribution in [0.15, 0.2) is 4.99 Å². The Hall–Kier alpha value is -0.0800. The van der Waals surface area contributed by atoms with Crippen molar-refractivity contribution < 1.29 is 4.74 Å². The topological polar surface area (TPSA) is 62.9 Å². The quantitative estimate of drug-likeness (QED) is 0.394. The van der Waals surface area contributed by atoms with Crippen molar-refractivity contribution in [3.8, 4) is 0 Å². The number of rotatable bonds is 7. The molecule has 0 spiro atoms. The summed E-state index contributed by atoms with van der Waals surface area (Å²) in [5.74, 6) is 1.12. The van der Waals surface area contributed by atoms with E-state index in [-0.39, 0.29) is 24.0 Å². The van der Waals surface area contributed by atoms with E-state index in [2.05, 4.69) is 29.1 Å². The molecule has 19 heavy (non-hydrogen) atoms. The van der Waals surface area contributed by atoms with Crippen molar-refractivity contribution >= 4 is 29.9 Å². The largest absolute Gasteiger partial charge is 0.383 e. The molecule has 1 saturated heterocycles. The fraction of sp³-hybridized carbons (Fsp3) is 0.923. The summed E-state index contributed by atoms with van der Waals surface area (Å²) < 4.78 is 5.13. The normalized spacial score (nSPS) is 20.6. The fourth-order valence-electron chi connectivity index (χ4n) is 2.19. The molecule has 6 heteroatoms. The van der Waals surface area contributed by atoms with E-state index in [1.54, 1.807) is 7.11 Å². The number of halogens is 1. The van der Waals surface area contributed by atoms with Crippen LogP contribution in [0.5, 0.6) is 0 Å². The number of guanidine groups is 1. The van der Waals surface area contributed by atoms with Gasteiger partial charge in [0.2, 0.25) is 0 Å². The number of hydrogen-bond acceptors (Lipinski definition) is 3. The molecule has 1 rings (SSSR count). The van der Waals surface area contributed by atoms with Gasteiger partial charge in [0.15, 0.2) is 5.96 Å². The number of nitrogens with two attached hydrogens (primary N) is 1. The zero-order valence-corrected chi connectivity index (χ0v) is 14.7. The van der Waals surface area contributed by atoms with Gasteiger partial charge >= 0.3 is 0 Å². The van der Waals surface area contributed by atoms with E-state index in [9.17, 15) is 0 Å². The van der Waals surface area contributed by atoms with Gasteiger partial charge in [-0.3, -0.25) is 9.89 Å². The second-order valence-corrected chi connectivity index (χ2v) is 5.33. The van der Waals surface area contributed by atoms with Crippen molar-refractivity contribution in [1.82, 2.24) is 10.2 Å². The zero-order valence-electron chi connectivity index (χ0n) is 12.4. The van der Waals surface area contributed by atoms with E-state index < -0.39 is 0 Å². The van der Waals surface area contributed by atoms with Gasteiger partial charge in [-0.2, -0.15) is 0 Å². The van der Waals surface area contributed by atoms with Crippen LogP contribution >= 0.6 is 24.0 Å². The maximum Gasteiger partial charge on any atom is 0.188 e. The predicted molar refractivity (Wildman–Crippen MR) is 91.2 cm³/mol. The van der Waals surface area contributed by atoms with Crippen molar-refractivity contribution in [3.63, 3.8) is 0 Å². The van der Waals surface area contributed by atoms with Crippen molar-refractivity contribution in [2.24, 2.45) is 16.6 Å². The Morgan fingerprint density at radius 2 is 2.26 bits per heavy atom. The molecule has 1 atom stereocenters.